The van der Waals surface area contributed by atoms with Gasteiger partial charge in [0.15, 0.2) is 0 Å². The number of carbonyl (C=O) groups is 2. The number of hydrogen-bond acceptors (Lipinski definition) is 4. The standard InChI is InChI=1S/C14H17NO4S/c1-2-6-19-11-5-3-4-10(7-11)13(16)15-9-20-8-12(15)14(17)18/h3-5,7,12H,2,6,8-9H2,1H3,(H,17,18)/t12-/m0/s1. The second-order valence-corrected chi connectivity index (χ2v) is 5.50. The number of benzene rings is 1. The molecule has 0 saturated carbocycles. The van der Waals surface area contributed by atoms with Gasteiger partial charge in [-0.05, 0) is 24.6 Å². The summed E-state index contributed by atoms with van der Waals surface area (Å²) in [5.74, 6) is 0.269. The van der Waals surface area contributed by atoms with Gasteiger partial charge in [0.2, 0.25) is 0 Å². The van der Waals surface area contributed by atoms with Gasteiger partial charge < -0.3 is 14.7 Å². The molecule has 2 rings (SSSR count). The van der Waals surface area contributed by atoms with Crippen molar-refractivity contribution in [2.45, 2.75) is 19.4 Å². The Morgan fingerprint density at radius 1 is 1.50 bits per heavy atom. The minimum atomic E-state index is -0.957. The van der Waals surface area contributed by atoms with E-state index < -0.39 is 12.0 Å². The van der Waals surface area contributed by atoms with E-state index in [1.54, 1.807) is 24.3 Å². The molecule has 1 fully saturated rings. The van der Waals surface area contributed by atoms with Crippen LogP contribution in [0.3, 0.4) is 0 Å². The number of hydrogen-bond donors (Lipinski definition) is 1. The van der Waals surface area contributed by atoms with Crippen LogP contribution in [0, 0.1) is 0 Å². The molecule has 108 valence electrons. The monoisotopic (exact) mass is 295 g/mol. The van der Waals surface area contributed by atoms with E-state index in [0.717, 1.165) is 6.42 Å². The van der Waals surface area contributed by atoms with E-state index in [1.165, 1.54) is 16.7 Å². The molecule has 6 heteroatoms. The van der Waals surface area contributed by atoms with Crippen molar-refractivity contribution in [1.82, 2.24) is 4.90 Å². The largest absolute Gasteiger partial charge is 0.494 e. The van der Waals surface area contributed by atoms with Crippen molar-refractivity contribution >= 4 is 23.6 Å². The number of aliphatic carboxylic acids is 1. The lowest BCUT2D eigenvalue weighted by Gasteiger charge is -2.20. The highest BCUT2D eigenvalue weighted by atomic mass is 32.2. The predicted octanol–water partition coefficient (Wildman–Crippen LogP) is 2.08. The first-order valence-electron chi connectivity index (χ1n) is 6.48. The Morgan fingerprint density at radius 2 is 2.30 bits per heavy atom. The molecular weight excluding hydrogens is 278 g/mol. The molecule has 0 unspecified atom stereocenters. The number of thioether (sulfide) groups is 1. The maximum atomic E-state index is 12.4. The number of nitrogens with zero attached hydrogens (tertiary/aromatic N) is 1. The highest BCUT2D eigenvalue weighted by Gasteiger charge is 2.35. The third-order valence-electron chi connectivity index (χ3n) is 2.98. The number of carboxylic acid groups (broad SMARTS) is 1. The van der Waals surface area contributed by atoms with Crippen LogP contribution in [0.1, 0.15) is 23.7 Å². The Morgan fingerprint density at radius 3 is 3.00 bits per heavy atom. The van der Waals surface area contributed by atoms with E-state index in [0.29, 0.717) is 29.5 Å². The van der Waals surface area contributed by atoms with Gasteiger partial charge in [-0.25, -0.2) is 4.79 Å². The molecule has 0 aliphatic carbocycles. The Labute approximate surface area is 121 Å². The zero-order chi connectivity index (χ0) is 14.5. The average molecular weight is 295 g/mol. The SMILES string of the molecule is CCCOc1cccc(C(=O)N2CSC[C@H]2C(=O)O)c1. The topological polar surface area (TPSA) is 66.8 Å². The third-order valence-corrected chi connectivity index (χ3v) is 3.99. The molecule has 1 atom stereocenters. The van der Waals surface area contributed by atoms with Crippen LogP contribution in [0.4, 0.5) is 0 Å². The molecule has 1 aliphatic rings. The van der Waals surface area contributed by atoms with Gasteiger partial charge >= 0.3 is 5.97 Å². The summed E-state index contributed by atoms with van der Waals surface area (Å²) in [6, 6.07) is 6.15. The maximum absolute atomic E-state index is 12.4. The van der Waals surface area contributed by atoms with Gasteiger partial charge in [0, 0.05) is 11.3 Å². The smallest absolute Gasteiger partial charge is 0.327 e. The predicted molar refractivity (Wildman–Crippen MR) is 77.1 cm³/mol. The zero-order valence-corrected chi connectivity index (χ0v) is 12.1. The molecule has 0 aromatic heterocycles. The molecule has 20 heavy (non-hydrogen) atoms. The first-order chi connectivity index (χ1) is 9.63. The van der Waals surface area contributed by atoms with Gasteiger partial charge in [-0.1, -0.05) is 13.0 Å². The third kappa shape index (κ3) is 3.25. The molecule has 1 aromatic carbocycles. The number of carbonyl (C=O) groups excluding carboxylic acids is 1. The normalized spacial score (nSPS) is 18.1. The van der Waals surface area contributed by atoms with Gasteiger partial charge in [-0.3, -0.25) is 4.79 Å². The summed E-state index contributed by atoms with van der Waals surface area (Å²) >= 11 is 1.45. The summed E-state index contributed by atoms with van der Waals surface area (Å²) in [4.78, 5) is 24.9. The average Bonchev–Trinajstić information content (AvgIpc) is 2.94. The second-order valence-electron chi connectivity index (χ2n) is 4.51. The van der Waals surface area contributed by atoms with Crippen LogP contribution >= 0.6 is 11.8 Å². The van der Waals surface area contributed by atoms with Crippen LogP contribution in [0.2, 0.25) is 0 Å². The van der Waals surface area contributed by atoms with Crippen LogP contribution in [0.15, 0.2) is 24.3 Å². The number of carboxylic acids is 1. The van der Waals surface area contributed by atoms with E-state index in [-0.39, 0.29) is 5.91 Å². The van der Waals surface area contributed by atoms with Crippen LogP contribution < -0.4 is 4.74 Å². The van der Waals surface area contributed by atoms with Crippen molar-refractivity contribution in [3.8, 4) is 5.75 Å². The summed E-state index contributed by atoms with van der Waals surface area (Å²) < 4.78 is 5.49. The highest BCUT2D eigenvalue weighted by molar-refractivity contribution is 7.99. The second kappa shape index (κ2) is 6.65. The summed E-state index contributed by atoms with van der Waals surface area (Å²) in [5, 5.41) is 9.12. The first kappa shape index (κ1) is 14.7. The summed E-state index contributed by atoms with van der Waals surface area (Å²) in [5.41, 5.74) is 0.465. The minimum Gasteiger partial charge on any atom is -0.494 e. The van der Waals surface area contributed by atoms with Crippen molar-refractivity contribution in [2.75, 3.05) is 18.2 Å². The molecule has 1 aliphatic heterocycles. The first-order valence-corrected chi connectivity index (χ1v) is 7.63. The molecular formula is C14H17NO4S. The van der Waals surface area contributed by atoms with E-state index in [2.05, 4.69) is 0 Å². The van der Waals surface area contributed by atoms with Gasteiger partial charge in [0.25, 0.3) is 5.91 Å². The molecule has 5 nitrogen and oxygen atoms in total. The molecule has 1 saturated heterocycles. The number of amides is 1. The van der Waals surface area contributed by atoms with Crippen molar-refractivity contribution < 1.29 is 19.4 Å². The lowest BCUT2D eigenvalue weighted by atomic mass is 10.1. The molecule has 1 amide bonds. The summed E-state index contributed by atoms with van der Waals surface area (Å²) in [6.07, 6.45) is 0.891. The Balaban J connectivity index is 2.14. The van der Waals surface area contributed by atoms with Crippen molar-refractivity contribution in [3.63, 3.8) is 0 Å². The van der Waals surface area contributed by atoms with Gasteiger partial charge in [0.1, 0.15) is 11.8 Å². The Bertz CT molecular complexity index is 506. The van der Waals surface area contributed by atoms with Crippen LogP contribution in [0.25, 0.3) is 0 Å². The van der Waals surface area contributed by atoms with E-state index in [4.69, 9.17) is 9.84 Å². The van der Waals surface area contributed by atoms with Gasteiger partial charge in [-0.15, -0.1) is 11.8 Å². The van der Waals surface area contributed by atoms with Gasteiger partial charge in [-0.2, -0.15) is 0 Å². The summed E-state index contributed by atoms with van der Waals surface area (Å²) in [6.45, 7) is 2.60. The molecule has 1 heterocycles. The zero-order valence-electron chi connectivity index (χ0n) is 11.2. The van der Waals surface area contributed by atoms with Crippen LogP contribution in [-0.4, -0.2) is 46.2 Å². The molecule has 0 spiro atoms. The molecule has 1 N–H and O–H groups in total. The fraction of sp³-hybridized carbons (Fsp3) is 0.429. The lowest BCUT2D eigenvalue weighted by molar-refractivity contribution is -0.140. The fourth-order valence-electron chi connectivity index (χ4n) is 1.95. The van der Waals surface area contributed by atoms with Crippen molar-refractivity contribution in [1.29, 1.82) is 0 Å². The Hall–Kier alpha value is -1.69. The summed E-state index contributed by atoms with van der Waals surface area (Å²) in [7, 11) is 0. The highest BCUT2D eigenvalue weighted by Crippen LogP contribution is 2.24. The number of ether oxygens (including phenoxy) is 1. The minimum absolute atomic E-state index is 0.260. The van der Waals surface area contributed by atoms with E-state index >= 15 is 0 Å². The number of rotatable bonds is 5. The quantitative estimate of drug-likeness (QED) is 0.901. The van der Waals surface area contributed by atoms with Gasteiger partial charge in [0.05, 0.1) is 12.5 Å². The molecule has 1 aromatic rings. The van der Waals surface area contributed by atoms with Crippen LogP contribution in [0.5, 0.6) is 5.75 Å². The Kier molecular flexibility index (Phi) is 4.89. The van der Waals surface area contributed by atoms with Crippen LogP contribution in [-0.2, 0) is 4.79 Å². The lowest BCUT2D eigenvalue weighted by Crippen LogP contribution is -2.41. The van der Waals surface area contributed by atoms with E-state index in [9.17, 15) is 9.59 Å². The van der Waals surface area contributed by atoms with Crippen molar-refractivity contribution in [2.24, 2.45) is 0 Å². The fourth-order valence-corrected chi connectivity index (χ4v) is 3.10. The molecule has 0 bridgehead atoms. The molecule has 0 radical (unpaired) electrons. The van der Waals surface area contributed by atoms with E-state index in [1.807, 2.05) is 6.92 Å². The van der Waals surface area contributed by atoms with Crippen molar-refractivity contribution in [3.05, 3.63) is 29.8 Å². The maximum Gasteiger partial charge on any atom is 0.327 e.